The maximum Gasteiger partial charge on any atom is 0.213 e. The van der Waals surface area contributed by atoms with Crippen LogP contribution in [0.25, 0.3) is 0 Å². The Balaban J connectivity index is 4.28. The van der Waals surface area contributed by atoms with Gasteiger partial charge < -0.3 is 4.90 Å². The Labute approximate surface area is 87.7 Å². The molecule has 0 aromatic carbocycles. The van der Waals surface area contributed by atoms with Crippen molar-refractivity contribution in [2.75, 3.05) is 26.4 Å². The third kappa shape index (κ3) is 5.57. The minimum atomic E-state index is -3.09. The lowest BCUT2D eigenvalue weighted by Crippen LogP contribution is -2.39. The molecule has 1 atom stereocenters. The molecule has 0 bridgehead atoms. The van der Waals surface area contributed by atoms with Gasteiger partial charge in [0.05, 0.1) is 5.75 Å². The Kier molecular flexibility index (Phi) is 6.31. The molecule has 0 aliphatic rings. The van der Waals surface area contributed by atoms with E-state index in [1.54, 1.807) is 6.92 Å². The molecule has 0 amide bonds. The maximum atomic E-state index is 11.5. The molecule has 0 rings (SSSR count). The van der Waals surface area contributed by atoms with Gasteiger partial charge in [0.25, 0.3) is 0 Å². The zero-order valence-electron chi connectivity index (χ0n) is 9.58. The van der Waals surface area contributed by atoms with Crippen LogP contribution in [0.4, 0.5) is 0 Å². The first-order valence-electron chi connectivity index (χ1n) is 5.06. The van der Waals surface area contributed by atoms with Gasteiger partial charge >= 0.3 is 0 Å². The predicted molar refractivity (Wildman–Crippen MR) is 59.8 cm³/mol. The molecule has 0 fully saturated rings. The van der Waals surface area contributed by atoms with Crippen molar-refractivity contribution in [1.29, 1.82) is 0 Å². The highest BCUT2D eigenvalue weighted by molar-refractivity contribution is 7.89. The molecule has 0 saturated carbocycles. The summed E-state index contributed by atoms with van der Waals surface area (Å²) in [5.41, 5.74) is 0. The Bertz CT molecular complexity index is 237. The van der Waals surface area contributed by atoms with Crippen LogP contribution in [-0.4, -0.2) is 45.8 Å². The first-order valence-corrected chi connectivity index (χ1v) is 6.72. The lowest BCUT2D eigenvalue weighted by Gasteiger charge is -2.23. The molecule has 0 saturated heterocycles. The Morgan fingerprint density at radius 3 is 2.21 bits per heavy atom. The van der Waals surface area contributed by atoms with E-state index < -0.39 is 10.0 Å². The van der Waals surface area contributed by atoms with Gasteiger partial charge in [-0.1, -0.05) is 20.3 Å². The summed E-state index contributed by atoms with van der Waals surface area (Å²) in [6.45, 7) is 4.33. The molecular formula is C9H22N2O2S. The molecular weight excluding hydrogens is 200 g/mol. The van der Waals surface area contributed by atoms with Crippen LogP contribution in [0.3, 0.4) is 0 Å². The number of hydrogen-bond donors (Lipinski definition) is 1. The van der Waals surface area contributed by atoms with Gasteiger partial charge in [-0.2, -0.15) is 0 Å². The molecule has 0 aliphatic carbocycles. The van der Waals surface area contributed by atoms with E-state index >= 15 is 0 Å². The minimum absolute atomic E-state index is 0.115. The summed E-state index contributed by atoms with van der Waals surface area (Å²) in [4.78, 5) is 1.97. The molecule has 0 radical (unpaired) electrons. The summed E-state index contributed by atoms with van der Waals surface area (Å²) in [5.74, 6) is 0.196. The van der Waals surface area contributed by atoms with Crippen LogP contribution in [0.1, 0.15) is 26.7 Å². The summed E-state index contributed by atoms with van der Waals surface area (Å²) < 4.78 is 25.5. The highest BCUT2D eigenvalue weighted by Gasteiger charge is 2.19. The lowest BCUT2D eigenvalue weighted by molar-refractivity contribution is 0.298. The standard InChI is InChI=1S/C9H22N2O2S/c1-5-7-9(11(3)4)8-14(12,13)10-6-2/h9-10H,5-8H2,1-4H3. The lowest BCUT2D eigenvalue weighted by atomic mass is 10.2. The number of nitrogens with one attached hydrogen (secondary N) is 1. The van der Waals surface area contributed by atoms with Crippen molar-refractivity contribution in [3.8, 4) is 0 Å². The Hall–Kier alpha value is -0.130. The van der Waals surface area contributed by atoms with Gasteiger partial charge in [-0.05, 0) is 20.5 Å². The van der Waals surface area contributed by atoms with E-state index in [0.29, 0.717) is 6.54 Å². The second-order valence-corrected chi connectivity index (χ2v) is 5.54. The summed E-state index contributed by atoms with van der Waals surface area (Å²) in [7, 11) is 0.747. The first-order chi connectivity index (χ1) is 6.43. The third-order valence-corrected chi connectivity index (χ3v) is 3.68. The smallest absolute Gasteiger partial charge is 0.213 e. The SMILES string of the molecule is CCCC(CS(=O)(=O)NCC)N(C)C. The van der Waals surface area contributed by atoms with E-state index in [4.69, 9.17) is 0 Å². The van der Waals surface area contributed by atoms with Crippen molar-refractivity contribution in [1.82, 2.24) is 9.62 Å². The fraction of sp³-hybridized carbons (Fsp3) is 1.00. The fourth-order valence-electron chi connectivity index (χ4n) is 1.36. The Morgan fingerprint density at radius 2 is 1.86 bits per heavy atom. The molecule has 14 heavy (non-hydrogen) atoms. The van der Waals surface area contributed by atoms with Gasteiger partial charge in [-0.25, -0.2) is 13.1 Å². The summed E-state index contributed by atoms with van der Waals surface area (Å²) in [6.07, 6.45) is 1.92. The monoisotopic (exact) mass is 222 g/mol. The quantitative estimate of drug-likeness (QED) is 0.688. The second kappa shape index (κ2) is 6.37. The topological polar surface area (TPSA) is 49.4 Å². The van der Waals surface area contributed by atoms with Gasteiger partial charge in [-0.15, -0.1) is 0 Å². The van der Waals surface area contributed by atoms with Crippen LogP contribution in [0.15, 0.2) is 0 Å². The van der Waals surface area contributed by atoms with Gasteiger partial charge in [0, 0.05) is 12.6 Å². The second-order valence-electron chi connectivity index (χ2n) is 3.69. The summed E-state index contributed by atoms with van der Waals surface area (Å²) in [6, 6.07) is 0.115. The average molecular weight is 222 g/mol. The van der Waals surface area contributed by atoms with E-state index in [9.17, 15) is 8.42 Å². The summed E-state index contributed by atoms with van der Waals surface area (Å²) in [5, 5.41) is 0. The molecule has 1 unspecified atom stereocenters. The average Bonchev–Trinajstić information content (AvgIpc) is 2.02. The number of hydrogen-bond acceptors (Lipinski definition) is 3. The fourth-order valence-corrected chi connectivity index (χ4v) is 2.88. The van der Waals surface area contributed by atoms with Crippen molar-refractivity contribution < 1.29 is 8.42 Å². The van der Waals surface area contributed by atoms with Crippen molar-refractivity contribution in [2.24, 2.45) is 0 Å². The zero-order valence-corrected chi connectivity index (χ0v) is 10.4. The van der Waals surface area contributed by atoms with Crippen LogP contribution in [0.5, 0.6) is 0 Å². The maximum absolute atomic E-state index is 11.5. The van der Waals surface area contributed by atoms with E-state index in [1.165, 1.54) is 0 Å². The number of rotatable bonds is 7. The van der Waals surface area contributed by atoms with E-state index in [-0.39, 0.29) is 11.8 Å². The van der Waals surface area contributed by atoms with Gasteiger partial charge in [0.15, 0.2) is 0 Å². The van der Waals surface area contributed by atoms with E-state index in [1.807, 2.05) is 19.0 Å². The van der Waals surface area contributed by atoms with Crippen molar-refractivity contribution >= 4 is 10.0 Å². The normalized spacial score (nSPS) is 14.6. The van der Waals surface area contributed by atoms with Gasteiger partial charge in [0.2, 0.25) is 10.0 Å². The zero-order chi connectivity index (χ0) is 11.2. The van der Waals surface area contributed by atoms with Gasteiger partial charge in [0.1, 0.15) is 0 Å². The molecule has 0 aromatic heterocycles. The largest absolute Gasteiger partial charge is 0.305 e. The molecule has 5 heteroatoms. The van der Waals surface area contributed by atoms with Crippen molar-refractivity contribution in [3.63, 3.8) is 0 Å². The molecule has 0 aliphatic heterocycles. The molecule has 0 spiro atoms. The van der Waals surface area contributed by atoms with Gasteiger partial charge in [-0.3, -0.25) is 0 Å². The molecule has 0 heterocycles. The van der Waals surface area contributed by atoms with Crippen LogP contribution in [-0.2, 0) is 10.0 Å². The highest BCUT2D eigenvalue weighted by atomic mass is 32.2. The molecule has 1 N–H and O–H groups in total. The minimum Gasteiger partial charge on any atom is -0.305 e. The molecule has 86 valence electrons. The van der Waals surface area contributed by atoms with E-state index in [0.717, 1.165) is 12.8 Å². The van der Waals surface area contributed by atoms with E-state index in [2.05, 4.69) is 11.6 Å². The highest BCUT2D eigenvalue weighted by Crippen LogP contribution is 2.05. The van der Waals surface area contributed by atoms with Crippen LogP contribution < -0.4 is 4.72 Å². The molecule has 0 aromatic rings. The van der Waals surface area contributed by atoms with Crippen LogP contribution in [0.2, 0.25) is 0 Å². The number of sulfonamides is 1. The van der Waals surface area contributed by atoms with Crippen molar-refractivity contribution in [2.45, 2.75) is 32.7 Å². The third-order valence-electron chi connectivity index (χ3n) is 2.13. The Morgan fingerprint density at radius 1 is 1.29 bits per heavy atom. The predicted octanol–water partition coefficient (Wildman–Crippen LogP) is 0.656. The molecule has 4 nitrogen and oxygen atoms in total. The van der Waals surface area contributed by atoms with Crippen LogP contribution >= 0.6 is 0 Å². The van der Waals surface area contributed by atoms with Crippen LogP contribution in [0, 0.1) is 0 Å². The first kappa shape index (κ1) is 13.9. The number of nitrogens with zero attached hydrogens (tertiary/aromatic N) is 1. The van der Waals surface area contributed by atoms with Crippen molar-refractivity contribution in [3.05, 3.63) is 0 Å². The summed E-state index contributed by atoms with van der Waals surface area (Å²) >= 11 is 0.